The quantitative estimate of drug-likeness (QED) is 0.905. The number of amides is 1. The van der Waals surface area contributed by atoms with Gasteiger partial charge in [0, 0.05) is 24.3 Å². The number of likely N-dealkylation sites (tertiary alicyclic amines) is 1. The number of carboxylic acid groups (broad SMARTS) is 1. The zero-order valence-corrected chi connectivity index (χ0v) is 11.2. The average molecular weight is 262 g/mol. The second kappa shape index (κ2) is 5.38. The molecule has 0 aromatic carbocycles. The topological polar surface area (TPSA) is 70.5 Å². The molecule has 1 saturated heterocycles. The summed E-state index contributed by atoms with van der Waals surface area (Å²) < 4.78 is 0. The molecule has 102 valence electrons. The molecule has 0 bridgehead atoms. The fourth-order valence-corrected chi connectivity index (χ4v) is 2.58. The molecule has 0 saturated carbocycles. The number of aromatic carboxylic acids is 1. The van der Waals surface area contributed by atoms with E-state index in [1.165, 1.54) is 12.3 Å². The maximum atomic E-state index is 12.4. The lowest BCUT2D eigenvalue weighted by Gasteiger charge is -2.27. The molecule has 0 spiro atoms. The number of hydrogen-bond donors (Lipinski definition) is 1. The van der Waals surface area contributed by atoms with Gasteiger partial charge < -0.3 is 10.0 Å². The van der Waals surface area contributed by atoms with Crippen LogP contribution in [-0.2, 0) is 0 Å². The van der Waals surface area contributed by atoms with E-state index in [0.717, 1.165) is 19.4 Å². The van der Waals surface area contributed by atoms with Crippen LogP contribution < -0.4 is 0 Å². The van der Waals surface area contributed by atoms with Crippen molar-refractivity contribution >= 4 is 11.9 Å². The Morgan fingerprint density at radius 1 is 1.47 bits per heavy atom. The van der Waals surface area contributed by atoms with Gasteiger partial charge in [0.2, 0.25) is 0 Å². The van der Waals surface area contributed by atoms with Crippen molar-refractivity contribution in [2.45, 2.75) is 32.7 Å². The Balaban J connectivity index is 2.24. The fraction of sp³-hybridized carbons (Fsp3) is 0.500. The number of pyridine rings is 1. The molecular weight excluding hydrogens is 244 g/mol. The van der Waals surface area contributed by atoms with Crippen LogP contribution in [0.3, 0.4) is 0 Å². The van der Waals surface area contributed by atoms with Crippen LogP contribution in [0.25, 0.3) is 0 Å². The van der Waals surface area contributed by atoms with Crippen LogP contribution in [0.5, 0.6) is 0 Å². The summed E-state index contributed by atoms with van der Waals surface area (Å²) in [5.41, 5.74) is 0.311. The molecule has 0 radical (unpaired) electrons. The minimum absolute atomic E-state index is 0.0915. The highest BCUT2D eigenvalue weighted by molar-refractivity contribution is 5.97. The van der Waals surface area contributed by atoms with Crippen molar-refractivity contribution in [2.24, 2.45) is 5.92 Å². The average Bonchev–Trinajstić information content (AvgIpc) is 2.87. The lowest BCUT2D eigenvalue weighted by atomic mass is 10.0. The van der Waals surface area contributed by atoms with E-state index in [2.05, 4.69) is 18.8 Å². The maximum Gasteiger partial charge on any atom is 0.354 e. The summed E-state index contributed by atoms with van der Waals surface area (Å²) in [5.74, 6) is -0.801. The van der Waals surface area contributed by atoms with Gasteiger partial charge in [0.05, 0.1) is 0 Å². The third-order valence-corrected chi connectivity index (χ3v) is 3.56. The molecule has 2 rings (SSSR count). The predicted molar refractivity (Wildman–Crippen MR) is 70.1 cm³/mol. The molecule has 19 heavy (non-hydrogen) atoms. The third-order valence-electron chi connectivity index (χ3n) is 3.56. The van der Waals surface area contributed by atoms with E-state index in [9.17, 15) is 9.59 Å². The van der Waals surface area contributed by atoms with E-state index in [1.807, 2.05) is 4.90 Å². The number of rotatable bonds is 3. The minimum atomic E-state index is -1.11. The fourth-order valence-electron chi connectivity index (χ4n) is 2.58. The van der Waals surface area contributed by atoms with Gasteiger partial charge in [0.15, 0.2) is 0 Å². The van der Waals surface area contributed by atoms with E-state index in [-0.39, 0.29) is 17.6 Å². The second-order valence-corrected chi connectivity index (χ2v) is 5.19. The van der Waals surface area contributed by atoms with Gasteiger partial charge in [-0.3, -0.25) is 4.79 Å². The summed E-state index contributed by atoms with van der Waals surface area (Å²) in [6.07, 6.45) is 3.39. The Kier molecular flexibility index (Phi) is 3.83. The van der Waals surface area contributed by atoms with Gasteiger partial charge in [-0.05, 0) is 30.9 Å². The van der Waals surface area contributed by atoms with E-state index < -0.39 is 5.97 Å². The third kappa shape index (κ3) is 2.75. The first kappa shape index (κ1) is 13.5. The van der Waals surface area contributed by atoms with Gasteiger partial charge in [-0.15, -0.1) is 0 Å². The van der Waals surface area contributed by atoms with Gasteiger partial charge in [0.25, 0.3) is 5.91 Å². The summed E-state index contributed by atoms with van der Waals surface area (Å²) in [6, 6.07) is 3.17. The first-order valence-electron chi connectivity index (χ1n) is 6.51. The first-order valence-corrected chi connectivity index (χ1v) is 6.51. The molecular formula is C14H18N2O3. The summed E-state index contributed by atoms with van der Waals surface area (Å²) >= 11 is 0. The van der Waals surface area contributed by atoms with Gasteiger partial charge in [-0.25, -0.2) is 9.78 Å². The van der Waals surface area contributed by atoms with Crippen molar-refractivity contribution < 1.29 is 14.7 Å². The van der Waals surface area contributed by atoms with E-state index >= 15 is 0 Å². The Morgan fingerprint density at radius 3 is 2.84 bits per heavy atom. The zero-order chi connectivity index (χ0) is 14.0. The Bertz CT molecular complexity index is 499. The summed E-state index contributed by atoms with van der Waals surface area (Å²) in [5, 5.41) is 8.91. The minimum Gasteiger partial charge on any atom is -0.477 e. The van der Waals surface area contributed by atoms with Crippen LogP contribution in [0, 0.1) is 5.92 Å². The molecule has 0 aliphatic carbocycles. The molecule has 1 fully saturated rings. The summed E-state index contributed by atoms with van der Waals surface area (Å²) in [6.45, 7) is 4.95. The largest absolute Gasteiger partial charge is 0.477 e. The molecule has 1 unspecified atom stereocenters. The number of carbonyl (C=O) groups is 2. The number of hydrogen-bond acceptors (Lipinski definition) is 3. The SMILES string of the molecule is CC(C)C1CCCN1C(=O)c1ccnc(C(=O)O)c1. The molecule has 5 nitrogen and oxygen atoms in total. The monoisotopic (exact) mass is 262 g/mol. The van der Waals surface area contributed by atoms with E-state index in [0.29, 0.717) is 11.5 Å². The van der Waals surface area contributed by atoms with Crippen LogP contribution in [-0.4, -0.2) is 39.5 Å². The van der Waals surface area contributed by atoms with Crippen molar-refractivity contribution in [1.29, 1.82) is 0 Å². The van der Waals surface area contributed by atoms with Gasteiger partial charge >= 0.3 is 5.97 Å². The predicted octanol–water partition coefficient (Wildman–Crippen LogP) is 2.04. The number of carboxylic acids is 1. The molecule has 1 aromatic rings. The van der Waals surface area contributed by atoms with Crippen LogP contribution in [0.1, 0.15) is 47.5 Å². The summed E-state index contributed by atoms with van der Waals surface area (Å²) in [7, 11) is 0. The number of aromatic nitrogens is 1. The van der Waals surface area contributed by atoms with Crippen LogP contribution in [0.4, 0.5) is 0 Å². The van der Waals surface area contributed by atoms with Gasteiger partial charge in [-0.2, -0.15) is 0 Å². The molecule has 1 atom stereocenters. The smallest absolute Gasteiger partial charge is 0.354 e. The van der Waals surface area contributed by atoms with Crippen LogP contribution in [0.2, 0.25) is 0 Å². The van der Waals surface area contributed by atoms with E-state index in [1.54, 1.807) is 6.07 Å². The molecule has 1 aliphatic rings. The van der Waals surface area contributed by atoms with Crippen molar-refractivity contribution in [1.82, 2.24) is 9.88 Å². The van der Waals surface area contributed by atoms with Crippen LogP contribution >= 0.6 is 0 Å². The second-order valence-electron chi connectivity index (χ2n) is 5.19. The van der Waals surface area contributed by atoms with Crippen molar-refractivity contribution in [3.8, 4) is 0 Å². The highest BCUT2D eigenvalue weighted by atomic mass is 16.4. The lowest BCUT2D eigenvalue weighted by Crippen LogP contribution is -2.38. The first-order chi connectivity index (χ1) is 9.00. The highest BCUT2D eigenvalue weighted by Crippen LogP contribution is 2.25. The highest BCUT2D eigenvalue weighted by Gasteiger charge is 2.31. The molecule has 2 heterocycles. The number of carbonyl (C=O) groups excluding carboxylic acids is 1. The van der Waals surface area contributed by atoms with Crippen molar-refractivity contribution in [3.63, 3.8) is 0 Å². The van der Waals surface area contributed by atoms with Crippen molar-refractivity contribution in [2.75, 3.05) is 6.54 Å². The molecule has 1 aliphatic heterocycles. The molecule has 5 heteroatoms. The lowest BCUT2D eigenvalue weighted by molar-refractivity contribution is 0.0690. The Labute approximate surface area is 112 Å². The molecule has 1 aromatic heterocycles. The van der Waals surface area contributed by atoms with Gasteiger partial charge in [-0.1, -0.05) is 13.8 Å². The Morgan fingerprint density at radius 2 is 2.21 bits per heavy atom. The van der Waals surface area contributed by atoms with Crippen LogP contribution in [0.15, 0.2) is 18.3 Å². The molecule has 1 amide bonds. The van der Waals surface area contributed by atoms with E-state index in [4.69, 9.17) is 5.11 Å². The standard InChI is InChI=1S/C14H18N2O3/c1-9(2)12-4-3-7-16(12)13(17)10-5-6-15-11(8-10)14(18)19/h5-6,8-9,12H,3-4,7H2,1-2H3,(H,18,19). The zero-order valence-electron chi connectivity index (χ0n) is 11.2. The van der Waals surface area contributed by atoms with Gasteiger partial charge in [0.1, 0.15) is 5.69 Å². The molecule has 1 N–H and O–H groups in total. The summed E-state index contributed by atoms with van der Waals surface area (Å²) in [4.78, 5) is 28.9. The maximum absolute atomic E-state index is 12.4. The Hall–Kier alpha value is -1.91. The normalized spacial score (nSPS) is 18.9. The van der Waals surface area contributed by atoms with Crippen molar-refractivity contribution in [3.05, 3.63) is 29.6 Å². The number of nitrogens with zero attached hydrogens (tertiary/aromatic N) is 2.